The number of para-hydroxylation sites is 1. The van der Waals surface area contributed by atoms with Gasteiger partial charge in [-0.3, -0.25) is 14.8 Å². The van der Waals surface area contributed by atoms with Crippen molar-refractivity contribution in [1.29, 1.82) is 0 Å². The number of hydrazone groups is 1. The number of aromatic nitrogens is 2. The molecule has 0 radical (unpaired) electrons. The normalized spacial score (nSPS) is 18.7. The predicted octanol–water partition coefficient (Wildman–Crippen LogP) is 3.29. The maximum Gasteiger partial charge on any atom is 0.257 e. The highest BCUT2D eigenvalue weighted by Gasteiger charge is 2.25. The van der Waals surface area contributed by atoms with Crippen LogP contribution in [0.1, 0.15) is 49.8 Å². The van der Waals surface area contributed by atoms with Crippen molar-refractivity contribution in [2.45, 2.75) is 46.1 Å². The van der Waals surface area contributed by atoms with Crippen LogP contribution in [0.3, 0.4) is 0 Å². The molecule has 0 aliphatic carbocycles. The van der Waals surface area contributed by atoms with Gasteiger partial charge in [0.2, 0.25) is 0 Å². The van der Waals surface area contributed by atoms with Crippen molar-refractivity contribution in [3.05, 3.63) is 57.8 Å². The Bertz CT molecular complexity index is 793. The van der Waals surface area contributed by atoms with Gasteiger partial charge in [-0.15, -0.1) is 0 Å². The zero-order valence-electron chi connectivity index (χ0n) is 13.8. The summed E-state index contributed by atoms with van der Waals surface area (Å²) in [6.07, 6.45) is 2.42. The van der Waals surface area contributed by atoms with Crippen LogP contribution >= 0.6 is 0 Å². The molecule has 0 fully saturated rings. The van der Waals surface area contributed by atoms with Crippen LogP contribution in [0, 0.1) is 6.92 Å². The highest BCUT2D eigenvalue weighted by atomic mass is 16.1. The van der Waals surface area contributed by atoms with E-state index in [1.165, 1.54) is 0 Å². The van der Waals surface area contributed by atoms with Gasteiger partial charge in [0.15, 0.2) is 5.82 Å². The topological polar surface area (TPSA) is 59.3 Å². The van der Waals surface area contributed by atoms with E-state index in [-0.39, 0.29) is 11.6 Å². The van der Waals surface area contributed by atoms with E-state index in [0.717, 1.165) is 35.5 Å². The van der Waals surface area contributed by atoms with Crippen molar-refractivity contribution in [2.24, 2.45) is 5.10 Å². The molecule has 1 atom stereocenters. The van der Waals surface area contributed by atoms with Crippen molar-refractivity contribution < 1.29 is 0 Å². The first kappa shape index (κ1) is 15.5. The summed E-state index contributed by atoms with van der Waals surface area (Å²) in [5, 5.41) is 4.51. The molecule has 120 valence electrons. The average Bonchev–Trinajstić information content (AvgIpc) is 2.55. The van der Waals surface area contributed by atoms with Crippen LogP contribution in [0.25, 0.3) is 0 Å². The molecular weight excluding hydrogens is 288 g/mol. The molecule has 0 saturated carbocycles. The number of hydrogen-bond acceptors (Lipinski definition) is 4. The van der Waals surface area contributed by atoms with E-state index in [9.17, 15) is 4.79 Å². The molecule has 0 amide bonds. The largest absolute Gasteiger partial charge is 0.288 e. The van der Waals surface area contributed by atoms with E-state index in [1.54, 1.807) is 4.57 Å². The zero-order valence-corrected chi connectivity index (χ0v) is 13.8. The number of fused-ring (bicyclic) bond motifs is 1. The number of anilines is 1. The van der Waals surface area contributed by atoms with Crippen LogP contribution in [0.5, 0.6) is 0 Å². The summed E-state index contributed by atoms with van der Waals surface area (Å²) in [7, 11) is 0. The summed E-state index contributed by atoms with van der Waals surface area (Å²) in [6, 6.07) is 9.96. The van der Waals surface area contributed by atoms with Crippen LogP contribution in [-0.2, 0) is 6.42 Å². The molecule has 5 nitrogen and oxygen atoms in total. The quantitative estimate of drug-likeness (QED) is 0.885. The second kappa shape index (κ2) is 6.36. The van der Waals surface area contributed by atoms with Gasteiger partial charge >= 0.3 is 0 Å². The maximum absolute atomic E-state index is 12.7. The molecule has 0 saturated heterocycles. The lowest BCUT2D eigenvalue weighted by atomic mass is 10.0. The van der Waals surface area contributed by atoms with Crippen molar-refractivity contribution >= 4 is 11.4 Å². The fourth-order valence-electron chi connectivity index (χ4n) is 3.03. The zero-order chi connectivity index (χ0) is 16.4. The molecular formula is C18H22N4O. The average molecular weight is 310 g/mol. The standard InChI is InChI=1S/C18H22N4O/c1-4-15-13(3)19-17-16(11-10-12(2)22(17)18(15)23)21-20-14-8-6-5-7-9-14/h5-9,12,20H,4,10-11H2,1-3H3/b21-16-. The molecule has 2 heterocycles. The number of benzene rings is 1. The van der Waals surface area contributed by atoms with Gasteiger partial charge in [0.25, 0.3) is 5.56 Å². The monoisotopic (exact) mass is 310 g/mol. The van der Waals surface area contributed by atoms with Gasteiger partial charge in [-0.2, -0.15) is 5.10 Å². The van der Waals surface area contributed by atoms with E-state index < -0.39 is 0 Å². The van der Waals surface area contributed by atoms with Crippen LogP contribution in [0.2, 0.25) is 0 Å². The fourth-order valence-corrected chi connectivity index (χ4v) is 3.03. The van der Waals surface area contributed by atoms with E-state index in [4.69, 9.17) is 0 Å². The Kier molecular flexibility index (Phi) is 4.28. The minimum Gasteiger partial charge on any atom is -0.288 e. The summed E-state index contributed by atoms with van der Waals surface area (Å²) < 4.78 is 1.81. The Balaban J connectivity index is 2.04. The van der Waals surface area contributed by atoms with Gasteiger partial charge in [0.05, 0.1) is 5.69 Å². The summed E-state index contributed by atoms with van der Waals surface area (Å²) in [6.45, 7) is 5.98. The lowest BCUT2D eigenvalue weighted by Gasteiger charge is -2.26. The SMILES string of the molecule is CCc1c(C)nc2n(c1=O)C(C)CC/C2=N/Nc1ccccc1. The van der Waals surface area contributed by atoms with Crippen LogP contribution in [-0.4, -0.2) is 15.3 Å². The van der Waals surface area contributed by atoms with E-state index >= 15 is 0 Å². The lowest BCUT2D eigenvalue weighted by molar-refractivity contribution is 0.466. The van der Waals surface area contributed by atoms with Gasteiger partial charge in [0, 0.05) is 17.3 Å². The van der Waals surface area contributed by atoms with Gasteiger partial charge < -0.3 is 0 Å². The number of nitrogens with one attached hydrogen (secondary N) is 1. The second-order valence-electron chi connectivity index (χ2n) is 5.95. The van der Waals surface area contributed by atoms with Crippen LogP contribution in [0.15, 0.2) is 40.2 Å². The number of rotatable bonds is 3. The summed E-state index contributed by atoms with van der Waals surface area (Å²) in [5.74, 6) is 0.701. The maximum atomic E-state index is 12.7. The van der Waals surface area contributed by atoms with Gasteiger partial charge in [0.1, 0.15) is 5.71 Å². The number of nitrogens with zero attached hydrogens (tertiary/aromatic N) is 3. The molecule has 1 unspecified atom stereocenters. The van der Waals surface area contributed by atoms with Crippen LogP contribution < -0.4 is 11.0 Å². The third-order valence-corrected chi connectivity index (χ3v) is 4.36. The Morgan fingerprint density at radius 1 is 1.35 bits per heavy atom. The Morgan fingerprint density at radius 2 is 2.09 bits per heavy atom. The molecule has 23 heavy (non-hydrogen) atoms. The molecule has 1 aromatic carbocycles. The summed E-state index contributed by atoms with van der Waals surface area (Å²) in [5.41, 5.74) is 6.53. The minimum absolute atomic E-state index is 0.0783. The third kappa shape index (κ3) is 2.91. The summed E-state index contributed by atoms with van der Waals surface area (Å²) >= 11 is 0. The molecule has 2 aromatic rings. The molecule has 1 aromatic heterocycles. The molecule has 0 spiro atoms. The highest BCUT2D eigenvalue weighted by molar-refractivity contribution is 5.98. The molecule has 3 rings (SSSR count). The smallest absolute Gasteiger partial charge is 0.257 e. The Labute approximate surface area is 136 Å². The first-order valence-corrected chi connectivity index (χ1v) is 8.11. The molecule has 5 heteroatoms. The first-order chi connectivity index (χ1) is 11.1. The number of aryl methyl sites for hydroxylation is 1. The van der Waals surface area contributed by atoms with E-state index in [0.29, 0.717) is 12.2 Å². The van der Waals surface area contributed by atoms with E-state index in [2.05, 4.69) is 22.4 Å². The van der Waals surface area contributed by atoms with Gasteiger partial charge in [-0.1, -0.05) is 25.1 Å². The van der Waals surface area contributed by atoms with Crippen molar-refractivity contribution in [1.82, 2.24) is 9.55 Å². The molecule has 1 N–H and O–H groups in total. The third-order valence-electron chi connectivity index (χ3n) is 4.36. The molecule has 1 aliphatic rings. The predicted molar refractivity (Wildman–Crippen MR) is 93.2 cm³/mol. The Morgan fingerprint density at radius 3 is 2.78 bits per heavy atom. The van der Waals surface area contributed by atoms with Crippen LogP contribution in [0.4, 0.5) is 5.69 Å². The molecule has 1 aliphatic heterocycles. The van der Waals surface area contributed by atoms with Crippen molar-refractivity contribution in [2.75, 3.05) is 5.43 Å². The summed E-state index contributed by atoms with van der Waals surface area (Å²) in [4.78, 5) is 17.4. The van der Waals surface area contributed by atoms with Crippen molar-refractivity contribution in [3.8, 4) is 0 Å². The second-order valence-corrected chi connectivity index (χ2v) is 5.95. The van der Waals surface area contributed by atoms with E-state index in [1.807, 2.05) is 44.2 Å². The highest BCUT2D eigenvalue weighted by Crippen LogP contribution is 2.23. The fraction of sp³-hybridized carbons (Fsp3) is 0.389. The lowest BCUT2D eigenvalue weighted by Crippen LogP contribution is -2.37. The molecule has 0 bridgehead atoms. The minimum atomic E-state index is 0.0783. The number of hydrogen-bond donors (Lipinski definition) is 1. The van der Waals surface area contributed by atoms with Crippen molar-refractivity contribution in [3.63, 3.8) is 0 Å². The first-order valence-electron chi connectivity index (χ1n) is 8.11. The van der Waals surface area contributed by atoms with Gasteiger partial charge in [-0.25, -0.2) is 4.98 Å². The van der Waals surface area contributed by atoms with Gasteiger partial charge in [-0.05, 0) is 45.2 Å². The Hall–Kier alpha value is -2.43.